The Balaban J connectivity index is 2.49. The smallest absolute Gasteiger partial charge is 0.173 e. The number of nitrogens with zero attached hydrogens (tertiary/aromatic N) is 1. The summed E-state index contributed by atoms with van der Waals surface area (Å²) in [5.41, 5.74) is 7.01. The summed E-state index contributed by atoms with van der Waals surface area (Å²) < 4.78 is 5.73. The van der Waals surface area contributed by atoms with Crippen molar-refractivity contribution < 1.29 is 9.94 Å². The molecule has 2 aromatic rings. The van der Waals surface area contributed by atoms with Gasteiger partial charge in [0.25, 0.3) is 0 Å². The highest BCUT2D eigenvalue weighted by Crippen LogP contribution is 2.37. The molecule has 0 aliphatic carbocycles. The summed E-state index contributed by atoms with van der Waals surface area (Å²) in [7, 11) is 0. The topological polar surface area (TPSA) is 67.8 Å². The molecule has 0 atom stereocenters. The maximum atomic E-state index is 8.83. The minimum absolute atomic E-state index is 0.0683. The number of rotatable bonds is 3. The number of benzene rings is 2. The van der Waals surface area contributed by atoms with E-state index in [1.165, 1.54) is 12.1 Å². The molecule has 7 heteroatoms. The van der Waals surface area contributed by atoms with Crippen LogP contribution in [0, 0.1) is 6.92 Å². The van der Waals surface area contributed by atoms with Crippen LogP contribution in [-0.4, -0.2) is 11.0 Å². The van der Waals surface area contributed by atoms with Crippen LogP contribution >= 0.6 is 34.8 Å². The number of amidine groups is 1. The van der Waals surface area contributed by atoms with Crippen LogP contribution in [0.5, 0.6) is 11.5 Å². The minimum atomic E-state index is -0.0683. The van der Waals surface area contributed by atoms with E-state index in [4.69, 9.17) is 50.5 Å². The van der Waals surface area contributed by atoms with Crippen LogP contribution in [-0.2, 0) is 0 Å². The predicted octanol–water partition coefficient (Wildman–Crippen LogP) is 4.84. The molecular formula is C14H11Cl3N2O2. The van der Waals surface area contributed by atoms with E-state index in [0.717, 1.165) is 5.56 Å². The molecule has 0 fully saturated rings. The first-order chi connectivity index (χ1) is 9.92. The quantitative estimate of drug-likeness (QED) is 0.275. The molecule has 3 N–H and O–H groups in total. The Morgan fingerprint density at radius 2 is 1.71 bits per heavy atom. The number of ether oxygens (including phenoxy) is 1. The van der Waals surface area contributed by atoms with E-state index < -0.39 is 0 Å². The Kier molecular flexibility index (Phi) is 4.83. The molecule has 2 rings (SSSR count). The van der Waals surface area contributed by atoms with Crippen molar-refractivity contribution in [2.45, 2.75) is 6.92 Å². The number of nitrogens with two attached hydrogens (primary N) is 1. The fraction of sp³-hybridized carbons (Fsp3) is 0.0714. The third-order valence-corrected chi connectivity index (χ3v) is 3.73. The lowest BCUT2D eigenvalue weighted by molar-refractivity contribution is 0.318. The van der Waals surface area contributed by atoms with E-state index in [-0.39, 0.29) is 5.84 Å². The van der Waals surface area contributed by atoms with Crippen molar-refractivity contribution in [1.82, 2.24) is 0 Å². The zero-order valence-corrected chi connectivity index (χ0v) is 13.2. The largest absolute Gasteiger partial charge is 0.455 e. The van der Waals surface area contributed by atoms with E-state index >= 15 is 0 Å². The van der Waals surface area contributed by atoms with Crippen molar-refractivity contribution in [1.29, 1.82) is 0 Å². The molecule has 0 aliphatic rings. The lowest BCUT2D eigenvalue weighted by atomic mass is 10.1. The van der Waals surface area contributed by atoms with Gasteiger partial charge in [0.1, 0.15) is 11.5 Å². The number of oxime groups is 1. The summed E-state index contributed by atoms with van der Waals surface area (Å²) in [6.45, 7) is 1.89. The zero-order chi connectivity index (χ0) is 15.6. The number of hydrogen-bond acceptors (Lipinski definition) is 3. The predicted molar refractivity (Wildman–Crippen MR) is 85.2 cm³/mol. The average molecular weight is 346 g/mol. The second-order valence-corrected chi connectivity index (χ2v) is 5.51. The second kappa shape index (κ2) is 6.43. The number of hydrogen-bond donors (Lipinski definition) is 2. The summed E-state index contributed by atoms with van der Waals surface area (Å²) in [6.07, 6.45) is 0. The van der Waals surface area contributed by atoms with E-state index in [1.54, 1.807) is 12.1 Å². The van der Waals surface area contributed by atoms with E-state index in [9.17, 15) is 0 Å². The maximum Gasteiger partial charge on any atom is 0.173 e. The van der Waals surface area contributed by atoms with Gasteiger partial charge in [-0.2, -0.15) is 0 Å². The molecule has 21 heavy (non-hydrogen) atoms. The van der Waals surface area contributed by atoms with Crippen LogP contribution in [0.15, 0.2) is 35.5 Å². The highest BCUT2D eigenvalue weighted by Gasteiger charge is 2.13. The van der Waals surface area contributed by atoms with Crippen LogP contribution in [0.2, 0.25) is 15.1 Å². The Morgan fingerprint density at radius 1 is 1.05 bits per heavy atom. The normalized spacial score (nSPS) is 11.5. The molecule has 4 nitrogen and oxygen atoms in total. The lowest BCUT2D eigenvalue weighted by Gasteiger charge is -2.13. The molecule has 2 aromatic carbocycles. The van der Waals surface area contributed by atoms with Gasteiger partial charge in [0.2, 0.25) is 0 Å². The third-order valence-electron chi connectivity index (χ3n) is 2.72. The molecular weight excluding hydrogens is 335 g/mol. The van der Waals surface area contributed by atoms with Crippen LogP contribution in [0.4, 0.5) is 0 Å². The molecule has 0 saturated heterocycles. The molecule has 0 amide bonds. The van der Waals surface area contributed by atoms with E-state index in [1.807, 2.05) is 13.0 Å². The number of halogens is 3. The van der Waals surface area contributed by atoms with Crippen molar-refractivity contribution >= 4 is 40.6 Å². The highest BCUT2D eigenvalue weighted by atomic mass is 35.5. The van der Waals surface area contributed by atoms with Crippen LogP contribution in [0.1, 0.15) is 11.1 Å². The monoisotopic (exact) mass is 344 g/mol. The van der Waals surface area contributed by atoms with Crippen molar-refractivity contribution in [3.8, 4) is 11.5 Å². The lowest BCUT2D eigenvalue weighted by Crippen LogP contribution is -2.14. The Morgan fingerprint density at radius 3 is 2.38 bits per heavy atom. The van der Waals surface area contributed by atoms with Gasteiger partial charge in [0.05, 0.1) is 20.6 Å². The molecule has 0 heterocycles. The van der Waals surface area contributed by atoms with Gasteiger partial charge in [0, 0.05) is 6.07 Å². The van der Waals surface area contributed by atoms with Crippen LogP contribution in [0.25, 0.3) is 0 Å². The van der Waals surface area contributed by atoms with Crippen molar-refractivity contribution in [3.05, 3.63) is 56.5 Å². The molecule has 0 aliphatic heterocycles. The van der Waals surface area contributed by atoms with Gasteiger partial charge in [-0.05, 0) is 30.7 Å². The molecule has 110 valence electrons. The van der Waals surface area contributed by atoms with Crippen LogP contribution < -0.4 is 10.5 Å². The first-order valence-corrected chi connectivity index (χ1v) is 6.96. The molecule has 0 aromatic heterocycles. The summed E-state index contributed by atoms with van der Waals surface area (Å²) in [6, 6.07) is 8.23. The Bertz CT molecular complexity index is 718. The van der Waals surface area contributed by atoms with Crippen molar-refractivity contribution in [2.75, 3.05) is 0 Å². The van der Waals surface area contributed by atoms with E-state index in [2.05, 4.69) is 5.16 Å². The van der Waals surface area contributed by atoms with Gasteiger partial charge in [0.15, 0.2) is 5.84 Å². The SMILES string of the molecule is Cc1ccc(C(N)=NO)c(Oc2cc(Cl)c(Cl)cc2Cl)c1. The van der Waals surface area contributed by atoms with Gasteiger partial charge >= 0.3 is 0 Å². The molecule has 0 bridgehead atoms. The van der Waals surface area contributed by atoms with Gasteiger partial charge in [-0.25, -0.2) is 0 Å². The van der Waals surface area contributed by atoms with Crippen molar-refractivity contribution in [2.24, 2.45) is 10.9 Å². The molecule has 0 saturated carbocycles. The summed E-state index contributed by atoms with van der Waals surface area (Å²) >= 11 is 17.9. The van der Waals surface area contributed by atoms with Gasteiger partial charge in [-0.15, -0.1) is 0 Å². The summed E-state index contributed by atoms with van der Waals surface area (Å²) in [5, 5.41) is 12.7. The van der Waals surface area contributed by atoms with Gasteiger partial charge < -0.3 is 15.7 Å². The third kappa shape index (κ3) is 3.53. The Labute approximate surface area is 136 Å². The molecule has 0 radical (unpaired) electrons. The molecule has 0 spiro atoms. The fourth-order valence-corrected chi connectivity index (χ4v) is 2.26. The maximum absolute atomic E-state index is 8.83. The first kappa shape index (κ1) is 15.8. The standard InChI is InChI=1S/C14H11Cl3N2O2/c1-7-2-3-8(14(18)19-20)12(4-7)21-13-6-10(16)9(15)5-11(13)17/h2-6,20H,1H3,(H2,18,19). The van der Waals surface area contributed by atoms with Crippen molar-refractivity contribution in [3.63, 3.8) is 0 Å². The minimum Gasteiger partial charge on any atom is -0.455 e. The first-order valence-electron chi connectivity index (χ1n) is 5.83. The highest BCUT2D eigenvalue weighted by molar-refractivity contribution is 6.43. The summed E-state index contributed by atoms with van der Waals surface area (Å²) in [5.74, 6) is 0.649. The molecule has 0 unspecified atom stereocenters. The zero-order valence-electron chi connectivity index (χ0n) is 10.9. The Hall–Kier alpha value is -1.62. The fourth-order valence-electron chi connectivity index (χ4n) is 1.68. The van der Waals surface area contributed by atoms with Gasteiger partial charge in [-0.3, -0.25) is 0 Å². The summed E-state index contributed by atoms with van der Waals surface area (Å²) in [4.78, 5) is 0. The second-order valence-electron chi connectivity index (χ2n) is 4.28. The number of aryl methyl sites for hydroxylation is 1. The van der Waals surface area contributed by atoms with E-state index in [0.29, 0.717) is 32.1 Å². The van der Waals surface area contributed by atoms with Crippen LogP contribution in [0.3, 0.4) is 0 Å². The average Bonchev–Trinajstić information content (AvgIpc) is 2.44. The van der Waals surface area contributed by atoms with Gasteiger partial charge in [-0.1, -0.05) is 46.0 Å².